The Kier molecular flexibility index (Phi) is 6.23. The quantitative estimate of drug-likeness (QED) is 0.766. The van der Waals surface area contributed by atoms with Gasteiger partial charge in [0.1, 0.15) is 0 Å². The molecule has 0 spiro atoms. The molecule has 2 amide bonds. The number of Topliss-reactive ketones (excluding diaryl/α,β-unsaturated/α-hetero) is 1. The fraction of sp³-hybridized carbons (Fsp3) is 0.375. The Morgan fingerprint density at radius 3 is 2.30 bits per heavy atom. The summed E-state index contributed by atoms with van der Waals surface area (Å²) < 4.78 is 5.28. The Bertz CT molecular complexity index is 905. The summed E-state index contributed by atoms with van der Waals surface area (Å²) in [4.78, 5) is 41.0. The van der Waals surface area contributed by atoms with Gasteiger partial charge in [-0.25, -0.2) is 0 Å². The highest BCUT2D eigenvalue weighted by molar-refractivity contribution is 5.99. The average molecular weight is 406 g/mol. The van der Waals surface area contributed by atoms with Gasteiger partial charge in [-0.3, -0.25) is 14.4 Å². The zero-order chi connectivity index (χ0) is 20.9. The summed E-state index contributed by atoms with van der Waals surface area (Å²) in [6.45, 7) is 2.47. The van der Waals surface area contributed by atoms with Crippen LogP contribution in [0.2, 0.25) is 0 Å². The minimum atomic E-state index is -0.219. The Balaban J connectivity index is 1.40. The molecule has 6 heteroatoms. The topological polar surface area (TPSA) is 66.9 Å². The normalized spacial score (nSPS) is 19.2. The number of ketones is 1. The van der Waals surface area contributed by atoms with E-state index >= 15 is 0 Å². The lowest BCUT2D eigenvalue weighted by atomic mass is 10.0. The van der Waals surface area contributed by atoms with E-state index in [2.05, 4.69) is 0 Å². The van der Waals surface area contributed by atoms with E-state index in [-0.39, 0.29) is 30.2 Å². The minimum absolute atomic E-state index is 0.0491. The molecular formula is C24H26N2O4. The molecule has 30 heavy (non-hydrogen) atoms. The van der Waals surface area contributed by atoms with Crippen LogP contribution < -0.4 is 0 Å². The summed E-state index contributed by atoms with van der Waals surface area (Å²) >= 11 is 0. The second kappa shape index (κ2) is 9.22. The third-order valence-corrected chi connectivity index (χ3v) is 5.81. The summed E-state index contributed by atoms with van der Waals surface area (Å²) in [5.41, 5.74) is 2.69. The number of ether oxygens (including phenoxy) is 1. The molecule has 2 saturated heterocycles. The first-order valence-electron chi connectivity index (χ1n) is 10.5. The van der Waals surface area contributed by atoms with Crippen molar-refractivity contribution in [1.29, 1.82) is 0 Å². The molecule has 0 aliphatic carbocycles. The molecule has 2 aromatic carbocycles. The zero-order valence-corrected chi connectivity index (χ0v) is 17.0. The largest absolute Gasteiger partial charge is 0.378 e. The summed E-state index contributed by atoms with van der Waals surface area (Å²) in [6.07, 6.45) is 1.18. The molecule has 4 rings (SSSR count). The highest BCUT2D eigenvalue weighted by Gasteiger charge is 2.35. The number of amides is 2. The van der Waals surface area contributed by atoms with Crippen LogP contribution in [-0.4, -0.2) is 66.3 Å². The Labute approximate surface area is 176 Å². The number of nitrogens with zero attached hydrogens (tertiary/aromatic N) is 2. The Morgan fingerprint density at radius 1 is 0.933 bits per heavy atom. The Hall–Kier alpha value is -2.99. The SMILES string of the molecule is O=C1C[C@@H](CCC(=O)N2CCOCC2)N(C(=O)c2ccc(-c3ccccc3)cc2)C1. The highest BCUT2D eigenvalue weighted by Crippen LogP contribution is 2.24. The van der Waals surface area contributed by atoms with E-state index < -0.39 is 0 Å². The first-order chi connectivity index (χ1) is 14.6. The third kappa shape index (κ3) is 4.60. The second-order valence-electron chi connectivity index (χ2n) is 7.80. The molecule has 1 atom stereocenters. The molecule has 2 fully saturated rings. The number of rotatable bonds is 5. The number of benzene rings is 2. The fourth-order valence-electron chi connectivity index (χ4n) is 4.11. The van der Waals surface area contributed by atoms with Gasteiger partial charge in [-0.2, -0.15) is 0 Å². The van der Waals surface area contributed by atoms with Crippen LogP contribution in [0.4, 0.5) is 0 Å². The van der Waals surface area contributed by atoms with Crippen LogP contribution in [0.1, 0.15) is 29.6 Å². The smallest absolute Gasteiger partial charge is 0.254 e. The number of likely N-dealkylation sites (tertiary alicyclic amines) is 1. The van der Waals surface area contributed by atoms with E-state index in [4.69, 9.17) is 4.74 Å². The maximum Gasteiger partial charge on any atom is 0.254 e. The molecule has 0 bridgehead atoms. The molecule has 0 radical (unpaired) electrons. The van der Waals surface area contributed by atoms with Crippen molar-refractivity contribution in [3.8, 4) is 11.1 Å². The van der Waals surface area contributed by atoms with Crippen molar-refractivity contribution in [3.05, 3.63) is 60.2 Å². The van der Waals surface area contributed by atoms with Crippen molar-refractivity contribution >= 4 is 17.6 Å². The van der Waals surface area contributed by atoms with Gasteiger partial charge >= 0.3 is 0 Å². The van der Waals surface area contributed by atoms with Crippen LogP contribution in [0.3, 0.4) is 0 Å². The van der Waals surface area contributed by atoms with Crippen LogP contribution in [-0.2, 0) is 14.3 Å². The van der Waals surface area contributed by atoms with Crippen LogP contribution in [0.15, 0.2) is 54.6 Å². The Morgan fingerprint density at radius 2 is 1.60 bits per heavy atom. The van der Waals surface area contributed by atoms with E-state index in [0.717, 1.165) is 11.1 Å². The fourth-order valence-corrected chi connectivity index (χ4v) is 4.11. The van der Waals surface area contributed by atoms with Gasteiger partial charge < -0.3 is 14.5 Å². The maximum absolute atomic E-state index is 13.1. The van der Waals surface area contributed by atoms with Gasteiger partial charge in [-0.05, 0) is 29.7 Å². The van der Waals surface area contributed by atoms with Gasteiger partial charge in [-0.1, -0.05) is 42.5 Å². The molecule has 2 heterocycles. The van der Waals surface area contributed by atoms with Crippen LogP contribution in [0.5, 0.6) is 0 Å². The van der Waals surface area contributed by atoms with Gasteiger partial charge in [0.25, 0.3) is 5.91 Å². The first-order valence-corrected chi connectivity index (χ1v) is 10.5. The van der Waals surface area contributed by atoms with Crippen LogP contribution in [0.25, 0.3) is 11.1 Å². The minimum Gasteiger partial charge on any atom is -0.378 e. The van der Waals surface area contributed by atoms with Crippen molar-refractivity contribution in [2.75, 3.05) is 32.8 Å². The average Bonchev–Trinajstić information content (AvgIpc) is 3.18. The van der Waals surface area contributed by atoms with Gasteiger partial charge in [-0.15, -0.1) is 0 Å². The summed E-state index contributed by atoms with van der Waals surface area (Å²) in [7, 11) is 0. The molecular weight excluding hydrogens is 380 g/mol. The van der Waals surface area contributed by atoms with E-state index in [9.17, 15) is 14.4 Å². The molecule has 2 aromatic rings. The van der Waals surface area contributed by atoms with Crippen molar-refractivity contribution in [1.82, 2.24) is 9.80 Å². The molecule has 2 aliphatic heterocycles. The standard InChI is InChI=1S/C24H26N2O4/c27-22-16-21(10-11-23(28)25-12-14-30-15-13-25)26(17-22)24(29)20-8-6-19(7-9-20)18-4-2-1-3-5-18/h1-9,21H,10-17H2/t21-/m1/s1. The number of morpholine rings is 1. The van der Waals surface area contributed by atoms with E-state index in [1.54, 1.807) is 9.80 Å². The van der Waals surface area contributed by atoms with Gasteiger partial charge in [0.05, 0.1) is 19.8 Å². The van der Waals surface area contributed by atoms with Gasteiger partial charge in [0, 0.05) is 37.5 Å². The maximum atomic E-state index is 13.1. The third-order valence-electron chi connectivity index (χ3n) is 5.81. The first kappa shape index (κ1) is 20.3. The number of hydrogen-bond donors (Lipinski definition) is 0. The summed E-state index contributed by atoms with van der Waals surface area (Å²) in [5, 5.41) is 0. The van der Waals surface area contributed by atoms with E-state index in [0.29, 0.717) is 51.1 Å². The van der Waals surface area contributed by atoms with E-state index in [1.807, 2.05) is 54.6 Å². The van der Waals surface area contributed by atoms with Crippen molar-refractivity contribution in [3.63, 3.8) is 0 Å². The monoisotopic (exact) mass is 406 g/mol. The highest BCUT2D eigenvalue weighted by atomic mass is 16.5. The van der Waals surface area contributed by atoms with Crippen LogP contribution in [0, 0.1) is 0 Å². The predicted molar refractivity (Wildman–Crippen MR) is 113 cm³/mol. The zero-order valence-electron chi connectivity index (χ0n) is 17.0. The summed E-state index contributed by atoms with van der Waals surface area (Å²) in [6, 6.07) is 17.2. The lowest BCUT2D eigenvalue weighted by molar-refractivity contribution is -0.135. The molecule has 0 N–H and O–H groups in total. The summed E-state index contributed by atoms with van der Waals surface area (Å²) in [5.74, 6) is -0.0328. The molecule has 156 valence electrons. The van der Waals surface area contributed by atoms with Gasteiger partial charge in [0.2, 0.25) is 5.91 Å². The molecule has 0 unspecified atom stereocenters. The van der Waals surface area contributed by atoms with E-state index in [1.165, 1.54) is 0 Å². The van der Waals surface area contributed by atoms with Crippen molar-refractivity contribution in [2.24, 2.45) is 0 Å². The number of carbonyl (C=O) groups is 3. The van der Waals surface area contributed by atoms with Crippen molar-refractivity contribution in [2.45, 2.75) is 25.3 Å². The lowest BCUT2D eigenvalue weighted by Gasteiger charge is -2.28. The number of carbonyl (C=O) groups excluding carboxylic acids is 3. The molecule has 6 nitrogen and oxygen atoms in total. The van der Waals surface area contributed by atoms with Gasteiger partial charge in [0.15, 0.2) is 5.78 Å². The predicted octanol–water partition coefficient (Wildman–Crippen LogP) is 2.78. The lowest BCUT2D eigenvalue weighted by Crippen LogP contribution is -2.41. The van der Waals surface area contributed by atoms with Crippen molar-refractivity contribution < 1.29 is 19.1 Å². The number of hydrogen-bond acceptors (Lipinski definition) is 4. The molecule has 2 aliphatic rings. The second-order valence-corrected chi connectivity index (χ2v) is 7.80. The molecule has 0 aromatic heterocycles. The molecule has 0 saturated carbocycles. The van der Waals surface area contributed by atoms with Crippen LogP contribution >= 0.6 is 0 Å².